The number of methoxy groups -OCH3 is 1. The fourth-order valence-corrected chi connectivity index (χ4v) is 5.34. The van der Waals surface area contributed by atoms with Crippen LogP contribution in [0.15, 0.2) is 83.1 Å². The van der Waals surface area contributed by atoms with Crippen molar-refractivity contribution in [1.29, 1.82) is 0 Å². The average Bonchev–Trinajstić information content (AvgIpc) is 3.34. The molecule has 3 atom stereocenters. The van der Waals surface area contributed by atoms with E-state index in [1.165, 1.54) is 5.57 Å². The van der Waals surface area contributed by atoms with Crippen LogP contribution in [0.3, 0.4) is 0 Å². The molecule has 3 N–H and O–H groups in total. The number of rotatable bonds is 8. The lowest BCUT2D eigenvalue weighted by Gasteiger charge is -2.37. The highest BCUT2D eigenvalue weighted by molar-refractivity contribution is 6.31. The van der Waals surface area contributed by atoms with Gasteiger partial charge in [0, 0.05) is 28.6 Å². The van der Waals surface area contributed by atoms with Gasteiger partial charge in [-0.3, -0.25) is 4.90 Å². The number of carbonyl (C=O) groups excluding carboxylic acids is 1. The van der Waals surface area contributed by atoms with Gasteiger partial charge in [-0.2, -0.15) is 0 Å². The van der Waals surface area contributed by atoms with Gasteiger partial charge in [-0.1, -0.05) is 42.8 Å². The van der Waals surface area contributed by atoms with Crippen molar-refractivity contribution < 1.29 is 29.2 Å². The van der Waals surface area contributed by atoms with Gasteiger partial charge in [-0.05, 0) is 60.0 Å². The van der Waals surface area contributed by atoms with Crippen LogP contribution in [0.5, 0.6) is 17.2 Å². The zero-order valence-electron chi connectivity index (χ0n) is 22.0. The Hall–Kier alpha value is -3.46. The molecule has 0 saturated carbocycles. The Bertz CT molecular complexity index is 1280. The Labute approximate surface area is 233 Å². The van der Waals surface area contributed by atoms with Crippen molar-refractivity contribution in [1.82, 2.24) is 10.2 Å². The zero-order chi connectivity index (χ0) is 27.6. The molecule has 2 unspecified atom stereocenters. The number of nitrogens with one attached hydrogen (secondary N) is 1. The Balaban J connectivity index is 1.42. The zero-order valence-corrected chi connectivity index (χ0v) is 22.7. The maximum Gasteiger partial charge on any atom is 0.416 e. The average molecular weight is 553 g/mol. The predicted octanol–water partition coefficient (Wildman–Crippen LogP) is 4.55. The van der Waals surface area contributed by atoms with Crippen molar-refractivity contribution in [2.24, 2.45) is 11.3 Å². The molecule has 0 spiro atoms. The topological polar surface area (TPSA) is 100 Å². The van der Waals surface area contributed by atoms with Crippen molar-refractivity contribution >= 4 is 17.7 Å². The number of fused-ring (bicyclic) bond motifs is 2. The van der Waals surface area contributed by atoms with Crippen LogP contribution >= 0.6 is 11.6 Å². The summed E-state index contributed by atoms with van der Waals surface area (Å²) in [7, 11) is 1.59. The van der Waals surface area contributed by atoms with Gasteiger partial charge >= 0.3 is 6.09 Å². The minimum atomic E-state index is -0.740. The Kier molecular flexibility index (Phi) is 7.88. The first-order valence-electron chi connectivity index (χ1n) is 13.0. The van der Waals surface area contributed by atoms with E-state index in [-0.39, 0.29) is 37.8 Å². The molecule has 9 heteroatoms. The quantitative estimate of drug-likeness (QED) is 0.442. The van der Waals surface area contributed by atoms with Crippen molar-refractivity contribution in [3.63, 3.8) is 0 Å². The van der Waals surface area contributed by atoms with Crippen molar-refractivity contribution in [2.75, 3.05) is 33.5 Å². The summed E-state index contributed by atoms with van der Waals surface area (Å²) in [5, 5.41) is 23.5. The number of amides is 1. The van der Waals surface area contributed by atoms with E-state index in [9.17, 15) is 15.0 Å². The van der Waals surface area contributed by atoms with Gasteiger partial charge < -0.3 is 29.7 Å². The number of benzene rings is 2. The maximum atomic E-state index is 13.5. The van der Waals surface area contributed by atoms with Crippen molar-refractivity contribution in [2.45, 2.75) is 25.4 Å². The second kappa shape index (κ2) is 11.3. The van der Waals surface area contributed by atoms with Gasteiger partial charge in [0.05, 0.1) is 33.0 Å². The van der Waals surface area contributed by atoms with Gasteiger partial charge in [-0.25, -0.2) is 4.79 Å². The summed E-state index contributed by atoms with van der Waals surface area (Å²) in [5.41, 5.74) is 2.38. The van der Waals surface area contributed by atoms with E-state index in [1.807, 2.05) is 30.3 Å². The second-order valence-corrected chi connectivity index (χ2v) is 10.9. The third-order valence-electron chi connectivity index (χ3n) is 7.51. The molecular weight excluding hydrogens is 520 g/mol. The first-order valence-corrected chi connectivity index (χ1v) is 13.3. The molecule has 2 aromatic rings. The largest absolute Gasteiger partial charge is 0.497 e. The van der Waals surface area contributed by atoms with Crippen LogP contribution in [-0.4, -0.2) is 60.7 Å². The highest BCUT2D eigenvalue weighted by atomic mass is 35.5. The first-order chi connectivity index (χ1) is 18.8. The lowest BCUT2D eigenvalue weighted by atomic mass is 9.85. The van der Waals surface area contributed by atoms with E-state index in [0.717, 1.165) is 11.3 Å². The molecule has 206 valence electrons. The molecule has 8 nitrogen and oxygen atoms in total. The van der Waals surface area contributed by atoms with Crippen LogP contribution in [0.4, 0.5) is 4.79 Å². The summed E-state index contributed by atoms with van der Waals surface area (Å²) in [6.07, 6.45) is 6.30. The third-order valence-corrected chi connectivity index (χ3v) is 7.76. The number of hydrogen-bond donors (Lipinski definition) is 3. The summed E-state index contributed by atoms with van der Waals surface area (Å²) in [5.74, 6) is 1.86. The maximum absolute atomic E-state index is 13.5. The Morgan fingerprint density at radius 2 is 1.74 bits per heavy atom. The van der Waals surface area contributed by atoms with Crippen molar-refractivity contribution in [3.05, 3.63) is 88.6 Å². The molecule has 3 aliphatic rings. The lowest BCUT2D eigenvalue weighted by Crippen LogP contribution is -2.43. The van der Waals surface area contributed by atoms with Crippen LogP contribution < -0.4 is 19.5 Å². The third kappa shape index (κ3) is 5.64. The molecule has 2 heterocycles. The molecule has 0 aromatic heterocycles. The Morgan fingerprint density at radius 1 is 1.08 bits per heavy atom. The highest BCUT2D eigenvalue weighted by Crippen LogP contribution is 2.45. The number of aliphatic hydroxyl groups excluding tert-OH is 2. The molecule has 0 radical (unpaired) electrons. The summed E-state index contributed by atoms with van der Waals surface area (Å²) in [4.78, 5) is 15.3. The molecular formula is C30H33ClN2O6. The highest BCUT2D eigenvalue weighted by Gasteiger charge is 2.43. The van der Waals surface area contributed by atoms with Gasteiger partial charge in [0.2, 0.25) is 0 Å². The Morgan fingerprint density at radius 3 is 2.41 bits per heavy atom. The number of nitrogens with zero attached hydrogens (tertiary/aromatic N) is 1. The molecule has 2 aliphatic heterocycles. The van der Waals surface area contributed by atoms with E-state index in [4.69, 9.17) is 25.8 Å². The minimum Gasteiger partial charge on any atom is -0.497 e. The number of halogens is 1. The number of ether oxygens (including phenoxy) is 3. The van der Waals surface area contributed by atoms with Crippen LogP contribution in [-0.2, 0) is 0 Å². The minimum absolute atomic E-state index is 0.0785. The summed E-state index contributed by atoms with van der Waals surface area (Å²) >= 11 is 6.34. The number of allylic oxidation sites excluding steroid dienone is 2. The van der Waals surface area contributed by atoms with E-state index in [0.29, 0.717) is 35.2 Å². The van der Waals surface area contributed by atoms with E-state index in [1.54, 1.807) is 43.2 Å². The molecule has 1 amide bonds. The predicted molar refractivity (Wildman–Crippen MR) is 148 cm³/mol. The van der Waals surface area contributed by atoms with E-state index < -0.39 is 11.5 Å². The SMILES string of the molecule is COc1ccc(OC(=O)N2CCC3=C(NC4C=CC(Cl)=CC34)[C@@H]2c2ccc(OCC(C)(CO)CO)cc2)cc1. The van der Waals surface area contributed by atoms with Crippen LogP contribution in [0, 0.1) is 11.3 Å². The van der Waals surface area contributed by atoms with Crippen LogP contribution in [0.25, 0.3) is 0 Å². The van der Waals surface area contributed by atoms with Crippen molar-refractivity contribution in [3.8, 4) is 17.2 Å². The van der Waals surface area contributed by atoms with E-state index in [2.05, 4.69) is 17.5 Å². The molecule has 2 aromatic carbocycles. The number of aliphatic hydroxyl groups is 2. The fourth-order valence-electron chi connectivity index (χ4n) is 5.13. The lowest BCUT2D eigenvalue weighted by molar-refractivity contribution is 0.0287. The van der Waals surface area contributed by atoms with Gasteiger partial charge in [-0.15, -0.1) is 0 Å². The normalized spacial score (nSPS) is 22.0. The van der Waals surface area contributed by atoms with Gasteiger partial charge in [0.15, 0.2) is 0 Å². The van der Waals surface area contributed by atoms with E-state index >= 15 is 0 Å². The van der Waals surface area contributed by atoms with Crippen LogP contribution in [0.1, 0.15) is 24.9 Å². The summed E-state index contributed by atoms with van der Waals surface area (Å²) in [6.45, 7) is 2.04. The molecule has 0 fully saturated rings. The van der Waals surface area contributed by atoms with Crippen LogP contribution in [0.2, 0.25) is 0 Å². The summed E-state index contributed by atoms with van der Waals surface area (Å²) < 4.78 is 16.8. The second-order valence-electron chi connectivity index (χ2n) is 10.4. The molecule has 5 rings (SSSR count). The summed E-state index contributed by atoms with van der Waals surface area (Å²) in [6, 6.07) is 14.1. The first kappa shape index (κ1) is 27.1. The van der Waals surface area contributed by atoms with Gasteiger partial charge in [0.1, 0.15) is 23.3 Å². The standard InChI is InChI=1S/C30H33ClN2O6/c1-30(16-34,17-35)18-38-22-6-3-19(4-7-22)28-27-24(25-15-20(31)5-12-26(25)32-27)13-14-33(28)29(36)39-23-10-8-21(37-2)9-11-23/h3-12,15,25-26,28,32,34-35H,13-14,16-18H2,1-2H3/t25?,26?,28-/m0/s1. The molecule has 1 aliphatic carbocycles. The molecule has 39 heavy (non-hydrogen) atoms. The molecule has 0 saturated heterocycles. The number of hydrogen-bond acceptors (Lipinski definition) is 7. The fraction of sp³-hybridized carbons (Fsp3) is 0.367. The monoisotopic (exact) mass is 552 g/mol. The number of carbonyl (C=O) groups is 1. The smallest absolute Gasteiger partial charge is 0.416 e. The molecule has 0 bridgehead atoms. The van der Waals surface area contributed by atoms with Gasteiger partial charge in [0.25, 0.3) is 0 Å².